The van der Waals surface area contributed by atoms with Gasteiger partial charge in [0.05, 0.1) is 91.6 Å². The smallest absolute Gasteiger partial charge is 0.407 e. The van der Waals surface area contributed by atoms with Crippen molar-refractivity contribution in [1.82, 2.24) is 85.6 Å². The number of ether oxygens (including phenoxy) is 6. The number of alkyl carbamates (subject to hydrolysis) is 2. The maximum absolute atomic E-state index is 13.0. The second-order valence-corrected chi connectivity index (χ2v) is 34.9. The van der Waals surface area contributed by atoms with Crippen LogP contribution in [0.25, 0.3) is 44.7 Å². The SMILES string of the molecule is CC(=O)OI(OC(C)=O)c1ccccc1.CC(C)(C)OC(=O)NC1CNC1.C[C@@H]1CN(c2ccnc3nccnc23)C[C@H](C(=O)N2CC(N)C2)O1.C[C@@H]1CN(c2ccnc3nccnc23)C[C@H](C(=O)N2CC(NC(=O)OC(C)(C)C)C2)O1.C[C@@H]1CN(c2ccnc3nccnc23)C[C@H](C(=O)O)O1.C[C@@H]1CN(c2ccnc3nccnc23)C[C@H](CO)O1.Cl.Cl. The number of likely N-dealkylation sites (tertiary alicyclic amines) is 2. The first-order chi connectivity index (χ1) is 57.8. The number of nitrogens with two attached hydrogens (primary N) is 1. The van der Waals surface area contributed by atoms with E-state index in [1.807, 2.05) is 117 Å². The average Bonchev–Trinajstić information content (AvgIpc) is 0.788. The summed E-state index contributed by atoms with van der Waals surface area (Å²) in [6.45, 7) is 29.8. The molecule has 8 atom stereocenters. The van der Waals surface area contributed by atoms with Crippen molar-refractivity contribution in [2.75, 3.05) is 118 Å². The molecular weight excluding hydrogens is 1750 g/mol. The summed E-state index contributed by atoms with van der Waals surface area (Å²) in [5, 5.41) is 27.0. The molecule has 0 radical (unpaired) electrons. The van der Waals surface area contributed by atoms with Crippen molar-refractivity contribution in [3.63, 3.8) is 0 Å². The maximum Gasteiger partial charge on any atom is 0.407 e. The van der Waals surface area contributed by atoms with Gasteiger partial charge in [-0.05, 0) is 93.5 Å². The molecule has 0 bridgehead atoms. The Hall–Kier alpha value is -10.7. The summed E-state index contributed by atoms with van der Waals surface area (Å²) in [4.78, 5) is 145. The fraction of sp³-hybridized carbons (Fsp3) is 0.494. The van der Waals surface area contributed by atoms with E-state index in [9.17, 15) is 38.7 Å². The van der Waals surface area contributed by atoms with Crippen molar-refractivity contribution in [3.8, 4) is 0 Å². The second kappa shape index (κ2) is 44.6. The van der Waals surface area contributed by atoms with Crippen molar-refractivity contribution in [1.29, 1.82) is 0 Å². The van der Waals surface area contributed by atoms with E-state index in [4.69, 9.17) is 45.4 Å². The van der Waals surface area contributed by atoms with Crippen LogP contribution in [0.4, 0.5) is 32.3 Å². The molecule has 7 saturated heterocycles. The summed E-state index contributed by atoms with van der Waals surface area (Å²) >= 11 is -2.59. The largest absolute Gasteiger partial charge is 0.479 e. The third-order valence-corrected chi connectivity index (χ3v) is 22.6. The number of carbonyl (C=O) groups is 7. The molecule has 9 aromatic rings. The van der Waals surface area contributed by atoms with Gasteiger partial charge in [0, 0.05) is 152 Å². The number of fused-ring (bicyclic) bond motifs is 4. The van der Waals surface area contributed by atoms with Gasteiger partial charge in [-0.1, -0.05) is 0 Å². The van der Waals surface area contributed by atoms with E-state index in [0.717, 1.165) is 57.0 Å². The van der Waals surface area contributed by atoms with E-state index >= 15 is 0 Å². The number of rotatable bonds is 13. The van der Waals surface area contributed by atoms with E-state index in [0.29, 0.717) is 99.1 Å². The summed E-state index contributed by atoms with van der Waals surface area (Å²) in [6.07, 6.45) is 16.7. The van der Waals surface area contributed by atoms with E-state index < -0.39 is 74.2 Å². The van der Waals surface area contributed by atoms with Gasteiger partial charge in [0.2, 0.25) is 0 Å². The quantitative estimate of drug-likeness (QED) is 0.0710. The molecule has 4 amide bonds. The number of pyridine rings is 4. The molecule has 123 heavy (non-hydrogen) atoms. The molecule has 0 spiro atoms. The Bertz CT molecular complexity index is 4990. The van der Waals surface area contributed by atoms with Crippen LogP contribution in [0.15, 0.2) is 129 Å². The summed E-state index contributed by atoms with van der Waals surface area (Å²) in [5.41, 5.74) is 13.7. The van der Waals surface area contributed by atoms with Crippen LogP contribution in [0, 0.1) is 3.57 Å². The van der Waals surface area contributed by atoms with Crippen LogP contribution in [0.5, 0.6) is 0 Å². The van der Waals surface area contributed by atoms with Crippen LogP contribution >= 0.6 is 45.5 Å². The number of amides is 4. The number of hydrogen-bond acceptors (Lipinski definition) is 34. The van der Waals surface area contributed by atoms with Gasteiger partial charge >= 0.3 is 114 Å². The number of hydrogen-bond donors (Lipinski definition) is 6. The molecule has 664 valence electrons. The minimum atomic E-state index is -2.59. The summed E-state index contributed by atoms with van der Waals surface area (Å²) in [6, 6.07) is 16.8. The van der Waals surface area contributed by atoms with Crippen LogP contribution in [0.3, 0.4) is 0 Å². The minimum absolute atomic E-state index is 0. The summed E-state index contributed by atoms with van der Waals surface area (Å²) in [5.74, 6) is -1.87. The molecule has 0 aliphatic carbocycles. The van der Waals surface area contributed by atoms with Crippen LogP contribution in [-0.2, 0) is 58.5 Å². The Labute approximate surface area is 731 Å². The first kappa shape index (κ1) is 96.1. The number of aliphatic hydroxyl groups excluding tert-OH is 1. The molecule has 7 aliphatic rings. The normalized spacial score (nSPS) is 20.9. The van der Waals surface area contributed by atoms with Crippen molar-refractivity contribution in [3.05, 3.63) is 133 Å². The van der Waals surface area contributed by atoms with Crippen LogP contribution in [0.2, 0.25) is 0 Å². The molecule has 15 heterocycles. The number of morpholine rings is 4. The monoisotopic (exact) mass is 1860 g/mol. The fourth-order valence-corrected chi connectivity index (χ4v) is 16.4. The predicted molar refractivity (Wildman–Crippen MR) is 468 cm³/mol. The number of aliphatic carboxylic acids is 1. The first-order valence-corrected chi connectivity index (χ1v) is 42.5. The Morgan fingerprint density at radius 1 is 0.447 bits per heavy atom. The number of benzene rings is 1. The maximum atomic E-state index is 13.0. The van der Waals surface area contributed by atoms with E-state index in [2.05, 4.69) is 90.5 Å². The topological polar surface area (TPSA) is 470 Å². The Morgan fingerprint density at radius 3 is 1.11 bits per heavy atom. The molecule has 39 nitrogen and oxygen atoms in total. The average molecular weight is 1860 g/mol. The van der Waals surface area contributed by atoms with Crippen LogP contribution < -0.4 is 41.3 Å². The first-order valence-electron chi connectivity index (χ1n) is 39.6. The predicted octanol–water partition coefficient (Wildman–Crippen LogP) is 6.10. The third kappa shape index (κ3) is 27.6. The zero-order chi connectivity index (χ0) is 86.7. The number of aromatic nitrogens is 12. The molecule has 42 heteroatoms. The minimum Gasteiger partial charge on any atom is -0.479 e. The third-order valence-electron chi connectivity index (χ3n) is 18.8. The van der Waals surface area contributed by atoms with E-state index in [-0.39, 0.29) is 105 Å². The van der Waals surface area contributed by atoms with Gasteiger partial charge in [0.25, 0.3) is 11.8 Å². The molecule has 7 fully saturated rings. The number of anilines is 4. The Balaban J connectivity index is 0.000000171. The molecule has 16 rings (SSSR count). The van der Waals surface area contributed by atoms with Crippen molar-refractivity contribution >= 4 is 155 Å². The van der Waals surface area contributed by atoms with Gasteiger partial charge in [-0.2, -0.15) is 0 Å². The molecule has 1 aromatic carbocycles. The summed E-state index contributed by atoms with van der Waals surface area (Å²) in [7, 11) is 0. The van der Waals surface area contributed by atoms with Gasteiger partial charge in [-0.3, -0.25) is 9.59 Å². The number of carbonyl (C=O) groups excluding carboxylic acids is 6. The Kier molecular flexibility index (Phi) is 34.8. The fourth-order valence-electron chi connectivity index (χ4n) is 13.7. The molecule has 0 saturated carbocycles. The zero-order valence-electron chi connectivity index (χ0n) is 70.4. The van der Waals surface area contributed by atoms with Crippen molar-refractivity contribution in [2.45, 2.75) is 161 Å². The number of carboxylic acid groups (broad SMARTS) is 1. The van der Waals surface area contributed by atoms with Gasteiger partial charge < -0.3 is 89.7 Å². The molecular formula is C81H107Cl2IN22O17. The van der Waals surface area contributed by atoms with Gasteiger partial charge in [-0.25, -0.2) is 74.2 Å². The molecule has 0 unspecified atom stereocenters. The number of nitrogens with zero attached hydrogens (tertiary/aromatic N) is 18. The number of aliphatic hydroxyl groups is 1. The van der Waals surface area contributed by atoms with Gasteiger partial charge in [0.1, 0.15) is 33.3 Å². The molecule has 7 aliphatic heterocycles. The van der Waals surface area contributed by atoms with Crippen LogP contribution in [-0.4, -0.2) is 298 Å². The van der Waals surface area contributed by atoms with Crippen LogP contribution in [0.1, 0.15) is 83.1 Å². The molecule has 8 aromatic heterocycles. The number of carboxylic acids is 1. The van der Waals surface area contributed by atoms with Gasteiger partial charge in [-0.15, -0.1) is 24.8 Å². The standard InChI is InChI=1S/C21H28N6O4.C16H20N6O2.C13H14N4O3.C13H16N4O2.C10H11IO4.C8H16N2O2.2ClH/c1-13-9-26(15-5-6-23-18-17(15)22-7-8-24-18)12-16(30-13)19(28)27-10-14(11-27)25-20(29)31-21(2,3)4;1-10-6-21(9-13(24-10)16(23)22-7-11(17)8-22)12-2-3-19-15-14(12)18-4-5-20-15;1-8-6-17(7-10(20-8)13(18)19)9-2-3-15-12-11(9)14-4-5-16-12;1-9-6-17(7-10(8-18)19-9)11-2-3-15-13-12(11)14-4-5-16-13;1-8(12)14-11(15-9(2)13)10-6-4-3-5-7-10;1-8(2,3)12-7(11)10-6-4-9-5-6;;/h5-8,13-14,16H,9-12H2,1-4H3,(H,25,29);2-5,10-11,13H,6-9,17H2,1H3;2-5,8,10H,6-7H2,1H3,(H,18,19);2-5,9-10,18H,6-8H2,1H3;3-7H,1-2H3;6,9H,4-5H2,1-3H3,(H,10,11);2*1H/t13-,16-;10-,13-;8-,10-;9-,10-;;;;/m1111..../s1. The number of nitrogens with one attached hydrogen (secondary N) is 3. The Morgan fingerprint density at radius 2 is 0.772 bits per heavy atom. The summed E-state index contributed by atoms with van der Waals surface area (Å²) < 4.78 is 44.1. The van der Waals surface area contributed by atoms with Crippen molar-refractivity contribution in [2.24, 2.45) is 5.73 Å². The second-order valence-electron chi connectivity index (χ2n) is 31.5. The van der Waals surface area contributed by atoms with E-state index in [1.54, 1.807) is 96.3 Å². The van der Waals surface area contributed by atoms with Gasteiger partial charge in [0.15, 0.2) is 40.9 Å². The van der Waals surface area contributed by atoms with Crippen molar-refractivity contribution < 1.29 is 78.3 Å². The zero-order valence-corrected chi connectivity index (χ0v) is 74.2. The van der Waals surface area contributed by atoms with E-state index in [1.165, 1.54) is 13.8 Å². The number of halogens is 3. The molecule has 7 N–H and O–H groups in total.